The van der Waals surface area contributed by atoms with Crippen LogP contribution in [-0.4, -0.2) is 34.3 Å². The van der Waals surface area contributed by atoms with E-state index in [9.17, 15) is 14.4 Å². The van der Waals surface area contributed by atoms with Gasteiger partial charge in [0, 0.05) is 11.1 Å². The number of carbonyl (C=O) groups is 2. The molecule has 0 spiro atoms. The average molecular weight is 241 g/mol. The molecule has 1 aromatic rings. The Bertz CT molecular complexity index is 478. The Morgan fingerprint density at radius 2 is 2.25 bits per heavy atom. The van der Waals surface area contributed by atoms with Crippen LogP contribution in [0, 0.1) is 0 Å². The number of nitrogens with one attached hydrogen (secondary N) is 2. The molecule has 0 aromatic carbocycles. The van der Waals surface area contributed by atoms with E-state index >= 15 is 0 Å². The molecule has 1 aromatic heterocycles. The summed E-state index contributed by atoms with van der Waals surface area (Å²) in [4.78, 5) is 37.8. The van der Waals surface area contributed by atoms with Crippen molar-refractivity contribution in [2.24, 2.45) is 0 Å². The molecule has 1 unspecified atom stereocenters. The number of nitrogens with zero attached hydrogens (tertiary/aromatic N) is 1. The normalized spacial score (nSPS) is 21.1. The maximum Gasteiger partial charge on any atom is 0.304 e. The van der Waals surface area contributed by atoms with Gasteiger partial charge in [-0.2, -0.15) is 0 Å². The Hall–Kier alpha value is -1.63. The van der Waals surface area contributed by atoms with E-state index in [1.807, 2.05) is 0 Å². The fourth-order valence-electron chi connectivity index (χ4n) is 1.57. The first-order valence-corrected chi connectivity index (χ1v) is 5.70. The van der Waals surface area contributed by atoms with Gasteiger partial charge in [-0.15, -0.1) is 0 Å². The molecule has 2 N–H and O–H groups in total. The fourth-order valence-corrected chi connectivity index (χ4v) is 2.14. The SMILES string of the molecule is CC1C(=O)NCC(=O)N1Cc1csc(=O)[nH]1. The summed E-state index contributed by atoms with van der Waals surface area (Å²) in [5, 5.41) is 4.16. The molecule has 2 heterocycles. The van der Waals surface area contributed by atoms with Crippen molar-refractivity contribution in [3.05, 3.63) is 20.7 Å². The number of thiazole rings is 1. The van der Waals surface area contributed by atoms with Crippen LogP contribution in [0.4, 0.5) is 0 Å². The second-order valence-electron chi connectivity index (χ2n) is 3.59. The largest absolute Gasteiger partial charge is 0.345 e. The number of H-pyrrole nitrogens is 1. The number of hydrogen-bond donors (Lipinski definition) is 2. The second kappa shape index (κ2) is 4.09. The third-order valence-corrected chi connectivity index (χ3v) is 3.21. The Kier molecular flexibility index (Phi) is 2.78. The van der Waals surface area contributed by atoms with Crippen molar-refractivity contribution in [2.75, 3.05) is 6.54 Å². The molecule has 6 nitrogen and oxygen atoms in total. The summed E-state index contributed by atoms with van der Waals surface area (Å²) in [5.74, 6) is -0.309. The quantitative estimate of drug-likeness (QED) is 0.717. The van der Waals surface area contributed by atoms with Crippen LogP contribution in [0.15, 0.2) is 10.2 Å². The Labute approximate surface area is 95.3 Å². The van der Waals surface area contributed by atoms with Gasteiger partial charge in [0.1, 0.15) is 6.04 Å². The van der Waals surface area contributed by atoms with Gasteiger partial charge in [0.05, 0.1) is 13.1 Å². The first-order valence-electron chi connectivity index (χ1n) is 4.82. The highest BCUT2D eigenvalue weighted by atomic mass is 32.1. The van der Waals surface area contributed by atoms with E-state index in [0.29, 0.717) is 5.69 Å². The van der Waals surface area contributed by atoms with Crippen LogP contribution >= 0.6 is 11.3 Å². The van der Waals surface area contributed by atoms with Crippen LogP contribution in [0.25, 0.3) is 0 Å². The minimum Gasteiger partial charge on any atom is -0.345 e. The molecule has 1 aliphatic heterocycles. The van der Waals surface area contributed by atoms with E-state index in [1.54, 1.807) is 12.3 Å². The van der Waals surface area contributed by atoms with Gasteiger partial charge in [-0.05, 0) is 6.92 Å². The van der Waals surface area contributed by atoms with Crippen LogP contribution in [0.5, 0.6) is 0 Å². The first kappa shape index (κ1) is 10.9. The summed E-state index contributed by atoms with van der Waals surface area (Å²) < 4.78 is 0. The molecule has 0 aliphatic carbocycles. The molecular formula is C9H11N3O3S. The molecule has 1 fully saturated rings. The third-order valence-electron chi connectivity index (χ3n) is 2.49. The van der Waals surface area contributed by atoms with Crippen LogP contribution < -0.4 is 10.2 Å². The van der Waals surface area contributed by atoms with E-state index < -0.39 is 6.04 Å². The van der Waals surface area contributed by atoms with E-state index in [2.05, 4.69) is 10.3 Å². The predicted octanol–water partition coefficient (Wildman–Crippen LogP) is -0.717. The summed E-state index contributed by atoms with van der Waals surface area (Å²) in [5.41, 5.74) is 0.657. The number of amides is 2. The lowest BCUT2D eigenvalue weighted by atomic mass is 10.2. The van der Waals surface area contributed by atoms with Crippen LogP contribution in [0.2, 0.25) is 0 Å². The molecule has 16 heavy (non-hydrogen) atoms. The predicted molar refractivity (Wildman–Crippen MR) is 58.0 cm³/mol. The van der Waals surface area contributed by atoms with Crippen molar-refractivity contribution in [3.63, 3.8) is 0 Å². The smallest absolute Gasteiger partial charge is 0.304 e. The van der Waals surface area contributed by atoms with E-state index in [0.717, 1.165) is 11.3 Å². The lowest BCUT2D eigenvalue weighted by Gasteiger charge is -2.32. The maximum atomic E-state index is 11.6. The molecule has 1 saturated heterocycles. The van der Waals surface area contributed by atoms with Gasteiger partial charge in [-0.25, -0.2) is 0 Å². The standard InChI is InChI=1S/C9H11N3O3S/c1-5-8(14)10-2-7(13)12(5)3-6-4-16-9(15)11-6/h4-5H,2-3H2,1H3,(H,10,14)(H,11,15). The molecule has 0 saturated carbocycles. The maximum absolute atomic E-state index is 11.6. The molecule has 0 radical (unpaired) electrons. The lowest BCUT2D eigenvalue weighted by Crippen LogP contribution is -2.56. The van der Waals surface area contributed by atoms with E-state index in [-0.39, 0.29) is 29.8 Å². The second-order valence-corrected chi connectivity index (χ2v) is 4.43. The van der Waals surface area contributed by atoms with Gasteiger partial charge < -0.3 is 15.2 Å². The van der Waals surface area contributed by atoms with Gasteiger partial charge >= 0.3 is 4.87 Å². The van der Waals surface area contributed by atoms with E-state index in [4.69, 9.17) is 0 Å². The van der Waals surface area contributed by atoms with Crippen molar-refractivity contribution in [3.8, 4) is 0 Å². The van der Waals surface area contributed by atoms with E-state index in [1.165, 1.54) is 4.90 Å². The zero-order valence-corrected chi connectivity index (χ0v) is 9.47. The molecule has 86 valence electrons. The summed E-state index contributed by atoms with van der Waals surface area (Å²) in [6, 6.07) is -0.496. The zero-order chi connectivity index (χ0) is 11.7. The van der Waals surface area contributed by atoms with Crippen molar-refractivity contribution in [2.45, 2.75) is 19.5 Å². The average Bonchev–Trinajstić information content (AvgIpc) is 2.65. The summed E-state index contributed by atoms with van der Waals surface area (Å²) in [6.45, 7) is 1.96. The Balaban J connectivity index is 2.15. The first-order chi connectivity index (χ1) is 7.58. The number of aromatic amines is 1. The van der Waals surface area contributed by atoms with Crippen LogP contribution in [0.3, 0.4) is 0 Å². The summed E-state index contributed by atoms with van der Waals surface area (Å²) in [6.07, 6.45) is 0. The van der Waals surface area contributed by atoms with Crippen molar-refractivity contribution in [1.29, 1.82) is 0 Å². The lowest BCUT2D eigenvalue weighted by molar-refractivity contribution is -0.145. The van der Waals surface area contributed by atoms with Gasteiger partial charge in [0.2, 0.25) is 11.8 Å². The van der Waals surface area contributed by atoms with Gasteiger partial charge in [-0.1, -0.05) is 11.3 Å². The Morgan fingerprint density at radius 3 is 2.88 bits per heavy atom. The summed E-state index contributed by atoms with van der Waals surface area (Å²) >= 11 is 1.05. The topological polar surface area (TPSA) is 82.3 Å². The molecule has 2 amide bonds. The van der Waals surface area contributed by atoms with Gasteiger partial charge in [0.25, 0.3) is 0 Å². The van der Waals surface area contributed by atoms with Gasteiger partial charge in [0.15, 0.2) is 0 Å². The highest BCUT2D eigenvalue weighted by Crippen LogP contribution is 2.10. The molecular weight excluding hydrogens is 230 g/mol. The highest BCUT2D eigenvalue weighted by Gasteiger charge is 2.30. The van der Waals surface area contributed by atoms with Crippen LogP contribution in [-0.2, 0) is 16.1 Å². The Morgan fingerprint density at radius 1 is 1.50 bits per heavy atom. The van der Waals surface area contributed by atoms with Crippen molar-refractivity contribution in [1.82, 2.24) is 15.2 Å². The summed E-state index contributed by atoms with van der Waals surface area (Å²) in [7, 11) is 0. The van der Waals surface area contributed by atoms with Crippen molar-refractivity contribution < 1.29 is 9.59 Å². The van der Waals surface area contributed by atoms with Crippen LogP contribution in [0.1, 0.15) is 12.6 Å². The number of piperazine rings is 1. The number of carbonyl (C=O) groups excluding carboxylic acids is 2. The molecule has 1 aliphatic rings. The fraction of sp³-hybridized carbons (Fsp3) is 0.444. The number of hydrogen-bond acceptors (Lipinski definition) is 4. The number of aromatic nitrogens is 1. The third kappa shape index (κ3) is 1.99. The molecule has 1 atom stereocenters. The number of rotatable bonds is 2. The minimum atomic E-state index is -0.496. The highest BCUT2D eigenvalue weighted by molar-refractivity contribution is 7.07. The molecule has 0 bridgehead atoms. The van der Waals surface area contributed by atoms with Crippen molar-refractivity contribution >= 4 is 23.2 Å². The van der Waals surface area contributed by atoms with Gasteiger partial charge in [-0.3, -0.25) is 14.4 Å². The zero-order valence-electron chi connectivity index (χ0n) is 8.65. The minimum absolute atomic E-state index is 0.0253. The molecule has 7 heteroatoms. The molecule has 2 rings (SSSR count). The monoisotopic (exact) mass is 241 g/mol.